The summed E-state index contributed by atoms with van der Waals surface area (Å²) in [6.07, 6.45) is 0. The van der Waals surface area contributed by atoms with Gasteiger partial charge < -0.3 is 10.1 Å². The highest BCUT2D eigenvalue weighted by molar-refractivity contribution is 7.92. The van der Waals surface area contributed by atoms with E-state index in [0.29, 0.717) is 17.0 Å². The second kappa shape index (κ2) is 9.00. The Hall–Kier alpha value is -3.32. The normalized spacial score (nSPS) is 11.0. The Morgan fingerprint density at radius 2 is 1.73 bits per heavy atom. The van der Waals surface area contributed by atoms with Gasteiger partial charge in [0, 0.05) is 12.1 Å². The van der Waals surface area contributed by atoms with E-state index in [4.69, 9.17) is 4.74 Å². The van der Waals surface area contributed by atoms with E-state index in [1.165, 1.54) is 29.6 Å². The molecule has 0 aliphatic rings. The van der Waals surface area contributed by atoms with Gasteiger partial charge in [-0.3, -0.25) is 9.10 Å². The van der Waals surface area contributed by atoms with Crippen molar-refractivity contribution < 1.29 is 17.9 Å². The average Bonchev–Trinajstić information content (AvgIpc) is 2.74. The van der Waals surface area contributed by atoms with Crippen molar-refractivity contribution in [1.82, 2.24) is 0 Å². The first-order valence-electron chi connectivity index (χ1n) is 9.50. The summed E-state index contributed by atoms with van der Waals surface area (Å²) >= 11 is 0. The molecule has 3 rings (SSSR count). The second-order valence-corrected chi connectivity index (χ2v) is 8.55. The van der Waals surface area contributed by atoms with Crippen LogP contribution >= 0.6 is 0 Å². The van der Waals surface area contributed by atoms with Gasteiger partial charge in [-0.25, -0.2) is 8.42 Å². The summed E-state index contributed by atoms with van der Waals surface area (Å²) in [7, 11) is -2.37. The van der Waals surface area contributed by atoms with Crippen LogP contribution in [-0.4, -0.2) is 28.0 Å². The van der Waals surface area contributed by atoms with Gasteiger partial charge in [0.15, 0.2) is 0 Å². The van der Waals surface area contributed by atoms with Crippen molar-refractivity contribution in [3.8, 4) is 5.75 Å². The first kappa shape index (κ1) is 21.4. The Bertz CT molecular complexity index is 1140. The predicted octanol–water partition coefficient (Wildman–Crippen LogP) is 4.47. The summed E-state index contributed by atoms with van der Waals surface area (Å²) in [4.78, 5) is 12.7. The molecule has 30 heavy (non-hydrogen) atoms. The lowest BCUT2D eigenvalue weighted by Crippen LogP contribution is -2.30. The number of nitrogens with one attached hydrogen (secondary N) is 1. The number of rotatable bonds is 7. The summed E-state index contributed by atoms with van der Waals surface area (Å²) in [5.41, 5.74) is 2.28. The van der Waals surface area contributed by atoms with E-state index in [9.17, 15) is 13.2 Å². The van der Waals surface area contributed by atoms with E-state index in [1.807, 2.05) is 19.1 Å². The molecular formula is C23H24N2O4S. The van der Waals surface area contributed by atoms with Gasteiger partial charge >= 0.3 is 0 Å². The number of nitrogens with zero attached hydrogens (tertiary/aromatic N) is 1. The number of aryl methyl sites for hydroxylation is 1. The van der Waals surface area contributed by atoms with E-state index in [2.05, 4.69) is 5.32 Å². The number of carbonyl (C=O) groups excluding carboxylic acids is 1. The van der Waals surface area contributed by atoms with E-state index in [-0.39, 0.29) is 23.0 Å². The highest BCUT2D eigenvalue weighted by atomic mass is 32.2. The van der Waals surface area contributed by atoms with Gasteiger partial charge in [-0.15, -0.1) is 0 Å². The number of hydrogen-bond donors (Lipinski definition) is 1. The topological polar surface area (TPSA) is 75.7 Å². The number of sulfonamides is 1. The number of methoxy groups -OCH3 is 1. The van der Waals surface area contributed by atoms with Crippen molar-refractivity contribution in [2.75, 3.05) is 23.3 Å². The van der Waals surface area contributed by atoms with E-state index in [0.717, 1.165) is 5.56 Å². The van der Waals surface area contributed by atoms with Crippen LogP contribution in [0.2, 0.25) is 0 Å². The predicted molar refractivity (Wildman–Crippen MR) is 119 cm³/mol. The molecule has 0 radical (unpaired) electrons. The SMILES string of the molecule is CCN(c1ccccc1)S(=O)(=O)c1ccc(OC)c(NC(=O)c2cccc(C)c2)c1. The molecule has 0 aliphatic heterocycles. The standard InChI is InChI=1S/C23H24N2O4S/c1-4-25(19-11-6-5-7-12-19)30(27,28)20-13-14-22(29-3)21(16-20)24-23(26)18-10-8-9-17(2)15-18/h5-16H,4H2,1-3H3,(H,24,26). The molecule has 0 aliphatic carbocycles. The van der Waals surface area contributed by atoms with Gasteiger partial charge in [-0.2, -0.15) is 0 Å². The summed E-state index contributed by atoms with van der Waals surface area (Å²) in [5, 5.41) is 2.77. The van der Waals surface area contributed by atoms with Crippen molar-refractivity contribution >= 4 is 27.3 Å². The molecule has 0 bridgehead atoms. The van der Waals surface area contributed by atoms with Crippen LogP contribution in [-0.2, 0) is 10.0 Å². The van der Waals surface area contributed by atoms with Crippen molar-refractivity contribution in [2.24, 2.45) is 0 Å². The van der Waals surface area contributed by atoms with Crippen LogP contribution in [0.1, 0.15) is 22.8 Å². The smallest absolute Gasteiger partial charge is 0.264 e. The van der Waals surface area contributed by atoms with Gasteiger partial charge in [-0.1, -0.05) is 35.9 Å². The molecule has 0 spiro atoms. The Labute approximate surface area is 177 Å². The maximum atomic E-state index is 13.3. The molecule has 7 heteroatoms. The second-order valence-electron chi connectivity index (χ2n) is 6.69. The van der Waals surface area contributed by atoms with Gasteiger partial charge in [0.05, 0.1) is 23.4 Å². The number of hydrogen-bond acceptors (Lipinski definition) is 4. The lowest BCUT2D eigenvalue weighted by molar-refractivity contribution is 0.102. The lowest BCUT2D eigenvalue weighted by atomic mass is 10.1. The molecule has 0 heterocycles. The van der Waals surface area contributed by atoms with Crippen LogP contribution in [0.4, 0.5) is 11.4 Å². The van der Waals surface area contributed by atoms with Crippen molar-refractivity contribution in [3.05, 3.63) is 83.9 Å². The molecule has 0 saturated heterocycles. The maximum Gasteiger partial charge on any atom is 0.264 e. The van der Waals surface area contributed by atoms with E-state index in [1.54, 1.807) is 49.4 Å². The molecule has 0 unspecified atom stereocenters. The maximum absolute atomic E-state index is 13.3. The molecule has 156 valence electrons. The van der Waals surface area contributed by atoms with Crippen LogP contribution in [0.15, 0.2) is 77.7 Å². The van der Waals surface area contributed by atoms with Crippen LogP contribution < -0.4 is 14.4 Å². The molecule has 1 amide bonds. The number of amides is 1. The van der Waals surface area contributed by atoms with Gasteiger partial charge in [0.1, 0.15) is 5.75 Å². The summed E-state index contributed by atoms with van der Waals surface area (Å²) in [5.74, 6) is 0.0275. The molecule has 6 nitrogen and oxygen atoms in total. The Morgan fingerprint density at radius 1 is 1.00 bits per heavy atom. The fourth-order valence-electron chi connectivity index (χ4n) is 3.14. The van der Waals surface area contributed by atoms with Crippen molar-refractivity contribution in [3.63, 3.8) is 0 Å². The summed E-state index contributed by atoms with van der Waals surface area (Å²) in [6, 6.07) is 20.5. The third kappa shape index (κ3) is 4.46. The van der Waals surface area contributed by atoms with Crippen LogP contribution in [0.25, 0.3) is 0 Å². The zero-order valence-electron chi connectivity index (χ0n) is 17.1. The first-order chi connectivity index (χ1) is 14.4. The summed E-state index contributed by atoms with van der Waals surface area (Å²) < 4.78 is 33.2. The quantitative estimate of drug-likeness (QED) is 0.607. The Kier molecular flexibility index (Phi) is 6.42. The molecular weight excluding hydrogens is 400 g/mol. The molecule has 1 N–H and O–H groups in total. The number of benzene rings is 3. The van der Waals surface area contributed by atoms with E-state index < -0.39 is 10.0 Å². The van der Waals surface area contributed by atoms with Gasteiger partial charge in [0.2, 0.25) is 0 Å². The highest BCUT2D eigenvalue weighted by Crippen LogP contribution is 2.31. The largest absolute Gasteiger partial charge is 0.495 e. The average molecular weight is 425 g/mol. The molecule has 3 aromatic carbocycles. The minimum Gasteiger partial charge on any atom is -0.495 e. The Morgan fingerprint density at radius 3 is 2.37 bits per heavy atom. The third-order valence-corrected chi connectivity index (χ3v) is 6.52. The lowest BCUT2D eigenvalue weighted by Gasteiger charge is -2.23. The molecule has 0 aromatic heterocycles. The highest BCUT2D eigenvalue weighted by Gasteiger charge is 2.25. The fraction of sp³-hybridized carbons (Fsp3) is 0.174. The Balaban J connectivity index is 1.98. The number of ether oxygens (including phenoxy) is 1. The molecule has 3 aromatic rings. The first-order valence-corrected chi connectivity index (χ1v) is 10.9. The monoisotopic (exact) mass is 424 g/mol. The zero-order chi connectivity index (χ0) is 21.7. The number of para-hydroxylation sites is 1. The summed E-state index contributed by atoms with van der Waals surface area (Å²) in [6.45, 7) is 3.94. The van der Waals surface area contributed by atoms with Gasteiger partial charge in [-0.05, 0) is 56.3 Å². The van der Waals surface area contributed by atoms with Crippen LogP contribution in [0.3, 0.4) is 0 Å². The molecule has 0 atom stereocenters. The number of anilines is 2. The van der Waals surface area contributed by atoms with Crippen LogP contribution in [0.5, 0.6) is 5.75 Å². The molecule has 0 fully saturated rings. The van der Waals surface area contributed by atoms with Crippen molar-refractivity contribution in [1.29, 1.82) is 0 Å². The minimum atomic E-state index is -3.83. The fourth-order valence-corrected chi connectivity index (χ4v) is 4.64. The van der Waals surface area contributed by atoms with Gasteiger partial charge in [0.25, 0.3) is 15.9 Å². The van der Waals surface area contributed by atoms with Crippen molar-refractivity contribution in [2.45, 2.75) is 18.7 Å². The molecule has 0 saturated carbocycles. The third-order valence-electron chi connectivity index (χ3n) is 4.62. The zero-order valence-corrected chi connectivity index (χ0v) is 17.9. The van der Waals surface area contributed by atoms with Crippen LogP contribution in [0, 0.1) is 6.92 Å². The van der Waals surface area contributed by atoms with E-state index >= 15 is 0 Å². The number of carbonyl (C=O) groups is 1. The minimum absolute atomic E-state index is 0.0635.